The first-order valence-electron chi connectivity index (χ1n) is 8.85. The number of likely N-dealkylation sites (tertiary alicyclic amines) is 2. The lowest BCUT2D eigenvalue weighted by atomic mass is 9.91. The number of piperidine rings is 1. The largest absolute Gasteiger partial charge is 0.345 e. The Balaban J connectivity index is 1.44. The first-order valence-corrected chi connectivity index (χ1v) is 8.85. The zero-order chi connectivity index (χ0) is 17.6. The third kappa shape index (κ3) is 2.77. The average Bonchev–Trinajstić information content (AvgIpc) is 3.15. The minimum atomic E-state index is -0.172. The van der Waals surface area contributed by atoms with Crippen LogP contribution >= 0.6 is 0 Å². The summed E-state index contributed by atoms with van der Waals surface area (Å²) in [4.78, 5) is 32.3. The molecule has 2 saturated heterocycles. The van der Waals surface area contributed by atoms with Gasteiger partial charge in [-0.2, -0.15) is 5.10 Å². The van der Waals surface area contributed by atoms with Gasteiger partial charge in [0.25, 0.3) is 0 Å². The summed E-state index contributed by atoms with van der Waals surface area (Å²) in [5, 5.41) is 5.79. The topological polar surface area (TPSA) is 71.3 Å². The van der Waals surface area contributed by atoms with Crippen molar-refractivity contribution in [1.82, 2.24) is 24.6 Å². The fraction of sp³-hybridized carbons (Fsp3) is 0.556. The van der Waals surface area contributed by atoms with Crippen LogP contribution in [0.4, 0.5) is 0 Å². The molecule has 0 spiro atoms. The van der Waals surface area contributed by atoms with Crippen LogP contribution in [-0.2, 0) is 16.6 Å². The van der Waals surface area contributed by atoms with Gasteiger partial charge < -0.3 is 9.80 Å². The Morgan fingerprint density at radius 1 is 1.24 bits per heavy atom. The van der Waals surface area contributed by atoms with Crippen molar-refractivity contribution in [2.24, 2.45) is 13.0 Å². The van der Waals surface area contributed by atoms with Crippen molar-refractivity contribution in [3.8, 4) is 0 Å². The van der Waals surface area contributed by atoms with Gasteiger partial charge in [-0.1, -0.05) is 0 Å². The Bertz CT molecular complexity index is 822. The predicted octanol–water partition coefficient (Wildman–Crippen LogP) is 1.15. The van der Waals surface area contributed by atoms with Gasteiger partial charge in [0.1, 0.15) is 0 Å². The highest BCUT2D eigenvalue weighted by Crippen LogP contribution is 2.32. The van der Waals surface area contributed by atoms with E-state index in [1.54, 1.807) is 18.1 Å². The summed E-state index contributed by atoms with van der Waals surface area (Å²) in [6.45, 7) is 2.01. The fourth-order valence-corrected chi connectivity index (χ4v) is 4.08. The third-order valence-corrected chi connectivity index (χ3v) is 5.51. The van der Waals surface area contributed by atoms with Gasteiger partial charge in [0, 0.05) is 57.7 Å². The number of nitrogens with zero attached hydrogens (tertiary/aromatic N) is 5. The van der Waals surface area contributed by atoms with Crippen LogP contribution in [0.1, 0.15) is 30.9 Å². The maximum absolute atomic E-state index is 12.7. The molecule has 0 N–H and O–H groups in total. The summed E-state index contributed by atoms with van der Waals surface area (Å²) >= 11 is 0. The lowest BCUT2D eigenvalue weighted by molar-refractivity contribution is -0.136. The molecular weight excluding hydrogens is 318 g/mol. The van der Waals surface area contributed by atoms with Crippen molar-refractivity contribution < 1.29 is 9.59 Å². The number of amides is 2. The van der Waals surface area contributed by atoms with E-state index in [1.807, 2.05) is 22.7 Å². The Morgan fingerprint density at radius 2 is 2.00 bits per heavy atom. The maximum Gasteiger partial charge on any atom is 0.227 e. The van der Waals surface area contributed by atoms with E-state index in [0.29, 0.717) is 18.9 Å². The van der Waals surface area contributed by atoms with E-state index in [1.165, 1.54) is 0 Å². The summed E-state index contributed by atoms with van der Waals surface area (Å²) in [6, 6.07) is 4.02. The van der Waals surface area contributed by atoms with Gasteiger partial charge in [0.05, 0.1) is 11.6 Å². The molecule has 0 aliphatic carbocycles. The molecule has 0 bridgehead atoms. The number of fused-ring (bicyclic) bond motifs is 1. The number of aryl methyl sites for hydroxylation is 1. The summed E-state index contributed by atoms with van der Waals surface area (Å²) in [5.41, 5.74) is 2.00. The Labute approximate surface area is 146 Å². The van der Waals surface area contributed by atoms with E-state index in [9.17, 15) is 9.59 Å². The van der Waals surface area contributed by atoms with Crippen molar-refractivity contribution in [2.45, 2.75) is 25.2 Å². The molecule has 2 amide bonds. The monoisotopic (exact) mass is 341 g/mol. The van der Waals surface area contributed by atoms with Crippen LogP contribution in [0.15, 0.2) is 18.3 Å². The number of aromatic nitrogens is 3. The molecular formula is C18H23N5O2. The number of hydrogen-bond acceptors (Lipinski definition) is 4. The van der Waals surface area contributed by atoms with Gasteiger partial charge in [-0.15, -0.1) is 0 Å². The van der Waals surface area contributed by atoms with Gasteiger partial charge >= 0.3 is 0 Å². The summed E-state index contributed by atoms with van der Waals surface area (Å²) in [5.74, 6) is 0.378. The number of pyridine rings is 1. The van der Waals surface area contributed by atoms with Crippen molar-refractivity contribution in [3.05, 3.63) is 24.0 Å². The average molecular weight is 341 g/mol. The molecule has 2 aromatic heterocycles. The minimum Gasteiger partial charge on any atom is -0.345 e. The SMILES string of the molecule is CN1C[C@H](C(=O)N2CCC(c3nn(C)c4ncccc34)CC2)CC1=O. The molecule has 2 aliphatic rings. The van der Waals surface area contributed by atoms with E-state index in [2.05, 4.69) is 16.1 Å². The molecule has 0 saturated carbocycles. The maximum atomic E-state index is 12.7. The molecule has 25 heavy (non-hydrogen) atoms. The number of carbonyl (C=O) groups is 2. The summed E-state index contributed by atoms with van der Waals surface area (Å²) in [7, 11) is 3.69. The van der Waals surface area contributed by atoms with E-state index in [-0.39, 0.29) is 17.7 Å². The van der Waals surface area contributed by atoms with Gasteiger partial charge in [0.2, 0.25) is 11.8 Å². The van der Waals surface area contributed by atoms with Gasteiger partial charge in [-0.05, 0) is 25.0 Å². The second kappa shape index (κ2) is 6.13. The molecule has 132 valence electrons. The summed E-state index contributed by atoms with van der Waals surface area (Å²) < 4.78 is 1.84. The highest BCUT2D eigenvalue weighted by molar-refractivity contribution is 5.89. The van der Waals surface area contributed by atoms with Gasteiger partial charge in [-0.25, -0.2) is 4.98 Å². The normalized spacial score (nSPS) is 22.2. The highest BCUT2D eigenvalue weighted by Gasteiger charge is 2.36. The molecule has 4 rings (SSSR count). The van der Waals surface area contributed by atoms with Crippen molar-refractivity contribution in [2.75, 3.05) is 26.7 Å². The van der Waals surface area contributed by atoms with Crippen LogP contribution in [0.3, 0.4) is 0 Å². The van der Waals surface area contributed by atoms with Gasteiger partial charge in [0.15, 0.2) is 5.65 Å². The molecule has 2 fully saturated rings. The van der Waals surface area contributed by atoms with Crippen molar-refractivity contribution in [3.63, 3.8) is 0 Å². The Morgan fingerprint density at radius 3 is 2.68 bits per heavy atom. The molecule has 7 nitrogen and oxygen atoms in total. The predicted molar refractivity (Wildman–Crippen MR) is 92.8 cm³/mol. The number of hydrogen-bond donors (Lipinski definition) is 0. The molecule has 0 unspecified atom stereocenters. The van der Waals surface area contributed by atoms with E-state index >= 15 is 0 Å². The molecule has 1 atom stereocenters. The van der Waals surface area contributed by atoms with Crippen LogP contribution in [0.5, 0.6) is 0 Å². The molecule has 2 aromatic rings. The van der Waals surface area contributed by atoms with E-state index in [4.69, 9.17) is 0 Å². The second-order valence-corrected chi connectivity index (χ2v) is 7.16. The molecule has 2 aliphatic heterocycles. The number of carbonyl (C=O) groups excluding carboxylic acids is 2. The zero-order valence-electron chi connectivity index (χ0n) is 14.7. The van der Waals surface area contributed by atoms with Crippen LogP contribution in [-0.4, -0.2) is 63.1 Å². The Hall–Kier alpha value is -2.44. The van der Waals surface area contributed by atoms with E-state index < -0.39 is 0 Å². The first kappa shape index (κ1) is 16.1. The molecule has 4 heterocycles. The first-order chi connectivity index (χ1) is 12.0. The standard InChI is InChI=1S/C18H23N5O2/c1-21-11-13(10-15(21)24)18(25)23-8-5-12(6-9-23)16-14-4-3-7-19-17(14)22(2)20-16/h3-4,7,12-13H,5-6,8-11H2,1-2H3/t13-/m1/s1. The highest BCUT2D eigenvalue weighted by atomic mass is 16.2. The van der Waals surface area contributed by atoms with Crippen LogP contribution < -0.4 is 0 Å². The number of rotatable bonds is 2. The van der Waals surface area contributed by atoms with Gasteiger partial charge in [-0.3, -0.25) is 14.3 Å². The van der Waals surface area contributed by atoms with Crippen molar-refractivity contribution in [1.29, 1.82) is 0 Å². The molecule has 7 heteroatoms. The lowest BCUT2D eigenvalue weighted by Gasteiger charge is -2.33. The quantitative estimate of drug-likeness (QED) is 0.822. The van der Waals surface area contributed by atoms with Crippen molar-refractivity contribution >= 4 is 22.8 Å². The molecule has 0 radical (unpaired) electrons. The Kier molecular flexibility index (Phi) is 3.94. The minimum absolute atomic E-state index is 0.0701. The molecule has 0 aromatic carbocycles. The smallest absolute Gasteiger partial charge is 0.227 e. The van der Waals surface area contributed by atoms with Crippen LogP contribution in [0.25, 0.3) is 11.0 Å². The van der Waals surface area contributed by atoms with Crippen LogP contribution in [0.2, 0.25) is 0 Å². The lowest BCUT2D eigenvalue weighted by Crippen LogP contribution is -2.42. The second-order valence-electron chi connectivity index (χ2n) is 7.16. The summed E-state index contributed by atoms with van der Waals surface area (Å²) in [6.07, 6.45) is 3.95. The zero-order valence-corrected chi connectivity index (χ0v) is 14.7. The fourth-order valence-electron chi connectivity index (χ4n) is 4.08. The van der Waals surface area contributed by atoms with Crippen LogP contribution in [0, 0.1) is 5.92 Å². The third-order valence-electron chi connectivity index (χ3n) is 5.51. The van der Waals surface area contributed by atoms with E-state index in [0.717, 1.165) is 42.7 Å².